The molecule has 0 saturated carbocycles. The van der Waals surface area contributed by atoms with Crippen LogP contribution in [0, 0.1) is 0 Å². The van der Waals surface area contributed by atoms with E-state index in [1.165, 1.54) is 16.7 Å². The molecule has 0 amide bonds. The zero-order chi connectivity index (χ0) is 20.9. The van der Waals surface area contributed by atoms with Gasteiger partial charge < -0.3 is 0 Å². The molecule has 1 aliphatic rings. The van der Waals surface area contributed by atoms with Crippen molar-refractivity contribution in [3.63, 3.8) is 0 Å². The molecule has 0 heterocycles. The van der Waals surface area contributed by atoms with Crippen molar-refractivity contribution in [3.8, 4) is 11.1 Å². The number of nitrogens with zero attached hydrogens (tertiary/aromatic N) is 2. The molecule has 3 rings (SSSR count). The van der Waals surface area contributed by atoms with Crippen molar-refractivity contribution in [1.82, 2.24) is 11.9 Å². The molecule has 0 radical (unpaired) electrons. The number of hydrogen-bond donors (Lipinski definition) is 1. The van der Waals surface area contributed by atoms with Crippen molar-refractivity contribution in [2.75, 3.05) is 28.2 Å². The second-order valence-electron chi connectivity index (χ2n) is 9.65. The molecule has 2 aromatic rings. The van der Waals surface area contributed by atoms with Gasteiger partial charge in [-0.15, -0.1) is 0 Å². The molecule has 28 heavy (non-hydrogen) atoms. The summed E-state index contributed by atoms with van der Waals surface area (Å²) in [5.41, 5.74) is 6.16. The van der Waals surface area contributed by atoms with Crippen LogP contribution in [0.3, 0.4) is 0 Å². The number of nitrogens with one attached hydrogen (secondary N) is 1. The molecule has 153 valence electrons. The van der Waals surface area contributed by atoms with Crippen LogP contribution in [0.5, 0.6) is 0 Å². The summed E-state index contributed by atoms with van der Waals surface area (Å²) >= 11 is -1.78. The zero-order valence-electron chi connectivity index (χ0n) is 18.9. The fraction of sp³-hybridized carbons (Fsp3) is 0.478. The molecule has 1 N–H and O–H groups in total. The number of hydrogen-bond acceptors (Lipinski definition) is 3. The Hall–Kier alpha value is -0.775. The SMILES string of the molecule is C[N](C)[Mo]([CH]1c2ccccc2-c2cccc([Si](C)(C)NC(C)(C)C)c21)[N](C)C. The van der Waals surface area contributed by atoms with Gasteiger partial charge in [-0.1, -0.05) is 0 Å². The van der Waals surface area contributed by atoms with Gasteiger partial charge in [0.15, 0.2) is 0 Å². The summed E-state index contributed by atoms with van der Waals surface area (Å²) in [4.78, 5) is 4.02. The third-order valence-electron chi connectivity index (χ3n) is 5.22. The molecule has 1 aliphatic carbocycles. The second kappa shape index (κ2) is 7.81. The first-order valence-electron chi connectivity index (χ1n) is 10.0. The maximum atomic E-state index is 4.02. The first-order chi connectivity index (χ1) is 12.9. The summed E-state index contributed by atoms with van der Waals surface area (Å²) in [7, 11) is 7.27. The van der Waals surface area contributed by atoms with E-state index in [-0.39, 0.29) is 5.54 Å². The van der Waals surface area contributed by atoms with Crippen LogP contribution in [-0.4, -0.2) is 48.9 Å². The van der Waals surface area contributed by atoms with Crippen molar-refractivity contribution in [2.45, 2.75) is 43.7 Å². The minimum atomic E-state index is -1.83. The minimum absolute atomic E-state index is 0.113. The molecule has 0 aromatic heterocycles. The average molecular weight is 479 g/mol. The van der Waals surface area contributed by atoms with Crippen LogP contribution in [0.25, 0.3) is 11.1 Å². The predicted octanol–water partition coefficient (Wildman–Crippen LogP) is 4.13. The summed E-state index contributed by atoms with van der Waals surface area (Å²) in [5, 5.41) is 1.58. The molecule has 2 aromatic carbocycles. The fourth-order valence-corrected chi connectivity index (χ4v) is 14.4. The molecule has 1 unspecified atom stereocenters. The van der Waals surface area contributed by atoms with E-state index >= 15 is 0 Å². The van der Waals surface area contributed by atoms with E-state index in [2.05, 4.69) is 116 Å². The maximum absolute atomic E-state index is 4.02. The van der Waals surface area contributed by atoms with Crippen LogP contribution >= 0.6 is 0 Å². The van der Waals surface area contributed by atoms with E-state index in [1.54, 1.807) is 10.8 Å². The fourth-order valence-electron chi connectivity index (χ4n) is 4.73. The Balaban J connectivity index is 2.26. The second-order valence-corrected chi connectivity index (χ2v) is 19.9. The van der Waals surface area contributed by atoms with Crippen molar-refractivity contribution in [2.24, 2.45) is 0 Å². The van der Waals surface area contributed by atoms with Crippen molar-refractivity contribution in [1.29, 1.82) is 0 Å². The van der Waals surface area contributed by atoms with Crippen molar-refractivity contribution in [3.05, 3.63) is 53.6 Å². The Labute approximate surface area is 179 Å². The summed E-state index contributed by atoms with van der Waals surface area (Å²) in [6.07, 6.45) is 0. The topological polar surface area (TPSA) is 18.5 Å². The number of rotatable bonds is 5. The molecule has 0 saturated heterocycles. The first kappa shape index (κ1) is 21.9. The monoisotopic (exact) mass is 480 g/mol. The first-order valence-corrected chi connectivity index (χ1v) is 16.0. The van der Waals surface area contributed by atoms with E-state index < -0.39 is 26.0 Å². The molecule has 0 bridgehead atoms. The predicted molar refractivity (Wildman–Crippen MR) is 121 cm³/mol. The van der Waals surface area contributed by atoms with Gasteiger partial charge in [0.2, 0.25) is 0 Å². The van der Waals surface area contributed by atoms with Crippen LogP contribution < -0.4 is 10.2 Å². The van der Waals surface area contributed by atoms with Crippen LogP contribution in [0.4, 0.5) is 0 Å². The molecule has 1 atom stereocenters. The van der Waals surface area contributed by atoms with E-state index in [1.807, 2.05) is 0 Å². The Bertz CT molecular complexity index is 847. The van der Waals surface area contributed by atoms with E-state index in [0.29, 0.717) is 4.31 Å². The molecular weight excluding hydrogens is 442 g/mol. The average Bonchev–Trinajstić information content (AvgIpc) is 2.87. The normalized spacial score (nSPS) is 16.8. The van der Waals surface area contributed by atoms with Gasteiger partial charge in [-0.25, -0.2) is 0 Å². The Morgan fingerprint density at radius 2 is 1.43 bits per heavy atom. The summed E-state index contributed by atoms with van der Waals surface area (Å²) in [6.45, 7) is 11.8. The quantitative estimate of drug-likeness (QED) is 0.652. The Morgan fingerprint density at radius 3 is 2.00 bits per heavy atom. The zero-order valence-corrected chi connectivity index (χ0v) is 21.9. The summed E-state index contributed by atoms with van der Waals surface area (Å²) in [6, 6.07) is 16.1. The summed E-state index contributed by atoms with van der Waals surface area (Å²) in [5.74, 6) is 0. The van der Waals surface area contributed by atoms with Crippen LogP contribution in [-0.2, 0) is 17.8 Å². The molecule has 0 spiro atoms. The number of fused-ring (bicyclic) bond motifs is 3. The van der Waals surface area contributed by atoms with Gasteiger partial charge in [-0.3, -0.25) is 0 Å². The Kier molecular flexibility index (Phi) is 6.11. The van der Waals surface area contributed by atoms with E-state index in [0.717, 1.165) is 0 Å². The number of benzene rings is 2. The van der Waals surface area contributed by atoms with Gasteiger partial charge in [0.1, 0.15) is 0 Å². The van der Waals surface area contributed by atoms with E-state index in [9.17, 15) is 0 Å². The van der Waals surface area contributed by atoms with Gasteiger partial charge in [-0.05, 0) is 0 Å². The van der Waals surface area contributed by atoms with Gasteiger partial charge >= 0.3 is 180 Å². The van der Waals surface area contributed by atoms with Crippen LogP contribution in [0.1, 0.15) is 36.2 Å². The molecule has 0 fully saturated rings. The van der Waals surface area contributed by atoms with E-state index in [4.69, 9.17) is 0 Å². The summed E-state index contributed by atoms with van der Waals surface area (Å²) < 4.78 is 5.58. The van der Waals surface area contributed by atoms with Crippen molar-refractivity contribution < 1.29 is 17.8 Å². The third kappa shape index (κ3) is 4.08. The van der Waals surface area contributed by atoms with Crippen molar-refractivity contribution >= 4 is 13.4 Å². The molecule has 5 heteroatoms. The van der Waals surface area contributed by atoms with Gasteiger partial charge in [0.05, 0.1) is 0 Å². The standard InChI is InChI=1S/C19H24NSi.2C2H6N.Mo/c1-19(2,3)20-21(4,5)18-12-8-11-16-15-10-7-6-9-14(15)13-17(16)18;2*1-3-2;/h6-13,20H,1-5H3;2*1-2H3;/q;2*-1;+2. The van der Waals surface area contributed by atoms with Gasteiger partial charge in [0, 0.05) is 0 Å². The van der Waals surface area contributed by atoms with Crippen LogP contribution in [0.2, 0.25) is 13.1 Å². The molecule has 0 aliphatic heterocycles. The third-order valence-corrected chi connectivity index (χ3v) is 14.3. The molecule has 3 nitrogen and oxygen atoms in total. The van der Waals surface area contributed by atoms with Crippen LogP contribution in [0.15, 0.2) is 42.5 Å². The Morgan fingerprint density at radius 1 is 0.857 bits per heavy atom. The van der Waals surface area contributed by atoms with Gasteiger partial charge in [-0.2, -0.15) is 0 Å². The molecular formula is C23H36MoN3Si. The van der Waals surface area contributed by atoms with Gasteiger partial charge in [0.25, 0.3) is 0 Å².